The highest BCUT2D eigenvalue weighted by molar-refractivity contribution is 5.85. The zero-order valence-corrected chi connectivity index (χ0v) is 10.4. The molecule has 2 N–H and O–H groups in total. The van der Waals surface area contributed by atoms with Crippen molar-refractivity contribution in [1.29, 1.82) is 0 Å². The lowest BCUT2D eigenvalue weighted by Gasteiger charge is -2.20. The van der Waals surface area contributed by atoms with E-state index in [1.54, 1.807) is 6.33 Å². The van der Waals surface area contributed by atoms with Crippen LogP contribution in [0.25, 0.3) is 0 Å². The minimum absolute atomic E-state index is 0. The highest BCUT2D eigenvalue weighted by Gasteiger charge is 2.20. The third-order valence-electron chi connectivity index (χ3n) is 3.15. The summed E-state index contributed by atoms with van der Waals surface area (Å²) < 4.78 is 5.35. The zero-order chi connectivity index (χ0) is 10.8. The Kier molecular flexibility index (Phi) is 4.15. The second-order valence-corrected chi connectivity index (χ2v) is 4.28. The van der Waals surface area contributed by atoms with Gasteiger partial charge in [0, 0.05) is 31.7 Å². The first-order valence-corrected chi connectivity index (χ1v) is 5.81. The Morgan fingerprint density at radius 1 is 1.41 bits per heavy atom. The fraction of sp³-hybridized carbons (Fsp3) is 0.636. The molecule has 0 aliphatic carbocycles. The summed E-state index contributed by atoms with van der Waals surface area (Å²) in [5, 5.41) is 6.81. The molecule has 17 heavy (non-hydrogen) atoms. The summed E-state index contributed by atoms with van der Waals surface area (Å²) in [5.74, 6) is 0.979. The topological polar surface area (TPSA) is 59.1 Å². The largest absolute Gasteiger partial charge is 0.379 e. The first-order chi connectivity index (χ1) is 7.93. The van der Waals surface area contributed by atoms with Crippen LogP contribution in [0.4, 0.5) is 5.82 Å². The van der Waals surface area contributed by atoms with Crippen LogP contribution in [-0.4, -0.2) is 35.8 Å². The molecule has 0 spiro atoms. The Bertz CT molecular complexity index is 382. The van der Waals surface area contributed by atoms with Crippen LogP contribution in [0.5, 0.6) is 0 Å². The van der Waals surface area contributed by atoms with E-state index in [1.165, 1.54) is 11.3 Å². The molecule has 2 aliphatic rings. The number of aromatic nitrogens is 2. The van der Waals surface area contributed by atoms with Gasteiger partial charge in [0.25, 0.3) is 0 Å². The van der Waals surface area contributed by atoms with Crippen molar-refractivity contribution < 1.29 is 4.74 Å². The lowest BCUT2D eigenvalue weighted by Crippen LogP contribution is -2.28. The molecule has 3 rings (SSSR count). The van der Waals surface area contributed by atoms with Crippen molar-refractivity contribution in [3.05, 3.63) is 17.6 Å². The van der Waals surface area contributed by atoms with Gasteiger partial charge in [-0.15, -0.1) is 12.4 Å². The van der Waals surface area contributed by atoms with E-state index in [0.717, 1.165) is 45.0 Å². The smallest absolute Gasteiger partial charge is 0.134 e. The Balaban J connectivity index is 0.00000108. The Hall–Kier alpha value is -0.910. The summed E-state index contributed by atoms with van der Waals surface area (Å²) in [7, 11) is 0. The number of ether oxygens (including phenoxy) is 1. The molecule has 1 aromatic heterocycles. The third-order valence-corrected chi connectivity index (χ3v) is 3.15. The van der Waals surface area contributed by atoms with Crippen LogP contribution in [-0.2, 0) is 17.7 Å². The third kappa shape index (κ3) is 2.68. The molecule has 1 fully saturated rings. The normalized spacial score (nSPS) is 22.7. The molecule has 5 nitrogen and oxygen atoms in total. The highest BCUT2D eigenvalue weighted by Crippen LogP contribution is 2.20. The Labute approximate surface area is 107 Å². The van der Waals surface area contributed by atoms with Gasteiger partial charge >= 0.3 is 0 Å². The standard InChI is InChI=1S/C11H16N4O.ClH/c1-3-12-5-9-10(1)13-7-14-11(9)15-8-2-4-16-6-8;/h7-8,12H,1-6H2,(H,13,14,15);1H/t8-;/m0./s1. The summed E-state index contributed by atoms with van der Waals surface area (Å²) in [6.45, 7) is 3.51. The molecule has 0 radical (unpaired) electrons. The molecule has 94 valence electrons. The lowest BCUT2D eigenvalue weighted by molar-refractivity contribution is 0.195. The number of hydrogen-bond donors (Lipinski definition) is 2. The van der Waals surface area contributed by atoms with Crippen molar-refractivity contribution in [3.8, 4) is 0 Å². The van der Waals surface area contributed by atoms with E-state index in [0.29, 0.717) is 6.04 Å². The summed E-state index contributed by atoms with van der Waals surface area (Å²) in [5.41, 5.74) is 2.40. The van der Waals surface area contributed by atoms with E-state index >= 15 is 0 Å². The van der Waals surface area contributed by atoms with E-state index < -0.39 is 0 Å². The number of nitrogens with one attached hydrogen (secondary N) is 2. The van der Waals surface area contributed by atoms with Crippen molar-refractivity contribution in [3.63, 3.8) is 0 Å². The van der Waals surface area contributed by atoms with Crippen LogP contribution in [0, 0.1) is 0 Å². The summed E-state index contributed by atoms with van der Waals surface area (Å²) in [6.07, 6.45) is 3.71. The van der Waals surface area contributed by atoms with Crippen LogP contribution in [0.2, 0.25) is 0 Å². The van der Waals surface area contributed by atoms with Crippen molar-refractivity contribution >= 4 is 18.2 Å². The summed E-state index contributed by atoms with van der Waals surface area (Å²) in [6, 6.07) is 0.404. The molecular formula is C11H17ClN4O. The second kappa shape index (κ2) is 5.62. The minimum atomic E-state index is 0. The molecule has 0 amide bonds. The summed E-state index contributed by atoms with van der Waals surface area (Å²) in [4.78, 5) is 8.67. The monoisotopic (exact) mass is 256 g/mol. The molecule has 0 unspecified atom stereocenters. The number of anilines is 1. The number of nitrogens with zero attached hydrogens (tertiary/aromatic N) is 2. The average Bonchev–Trinajstić information content (AvgIpc) is 2.82. The summed E-state index contributed by atoms with van der Waals surface area (Å²) >= 11 is 0. The van der Waals surface area contributed by atoms with Crippen LogP contribution >= 0.6 is 12.4 Å². The Morgan fingerprint density at radius 3 is 3.18 bits per heavy atom. The predicted molar refractivity (Wildman–Crippen MR) is 67.5 cm³/mol. The van der Waals surface area contributed by atoms with Gasteiger partial charge in [-0.1, -0.05) is 0 Å². The maximum absolute atomic E-state index is 5.35. The fourth-order valence-electron chi connectivity index (χ4n) is 2.24. The van der Waals surface area contributed by atoms with Gasteiger partial charge in [0.2, 0.25) is 0 Å². The van der Waals surface area contributed by atoms with Crippen molar-refractivity contribution in [2.24, 2.45) is 0 Å². The van der Waals surface area contributed by atoms with Crippen molar-refractivity contribution in [1.82, 2.24) is 15.3 Å². The molecule has 1 saturated heterocycles. The molecule has 0 bridgehead atoms. The van der Waals surface area contributed by atoms with E-state index in [4.69, 9.17) is 4.74 Å². The first-order valence-electron chi connectivity index (χ1n) is 5.81. The van der Waals surface area contributed by atoms with Crippen molar-refractivity contribution in [2.75, 3.05) is 25.1 Å². The SMILES string of the molecule is Cl.c1nc2c(c(N[C@H]3CCOC3)n1)CNCC2. The van der Waals surface area contributed by atoms with Gasteiger partial charge in [0.05, 0.1) is 18.3 Å². The van der Waals surface area contributed by atoms with E-state index in [2.05, 4.69) is 20.6 Å². The number of rotatable bonds is 2. The van der Waals surface area contributed by atoms with Gasteiger partial charge in [-0.25, -0.2) is 9.97 Å². The predicted octanol–water partition coefficient (Wildman–Crippen LogP) is 0.745. The zero-order valence-electron chi connectivity index (χ0n) is 9.61. The molecular weight excluding hydrogens is 240 g/mol. The molecule has 1 atom stereocenters. The maximum atomic E-state index is 5.35. The molecule has 1 aromatic rings. The van der Waals surface area contributed by atoms with E-state index in [1.807, 2.05) is 0 Å². The minimum Gasteiger partial charge on any atom is -0.379 e. The van der Waals surface area contributed by atoms with Gasteiger partial charge in [-0.3, -0.25) is 0 Å². The molecule has 0 aromatic carbocycles. The molecule has 0 saturated carbocycles. The van der Waals surface area contributed by atoms with Crippen LogP contribution in [0.15, 0.2) is 6.33 Å². The van der Waals surface area contributed by atoms with Gasteiger partial charge in [-0.05, 0) is 6.42 Å². The number of halogens is 1. The quantitative estimate of drug-likeness (QED) is 0.818. The van der Waals surface area contributed by atoms with Crippen molar-refractivity contribution in [2.45, 2.75) is 25.4 Å². The van der Waals surface area contributed by atoms with E-state index in [-0.39, 0.29) is 12.4 Å². The lowest BCUT2D eigenvalue weighted by atomic mass is 10.1. The van der Waals surface area contributed by atoms with Gasteiger partial charge in [0.1, 0.15) is 12.1 Å². The fourth-order valence-corrected chi connectivity index (χ4v) is 2.24. The van der Waals surface area contributed by atoms with Crippen LogP contribution < -0.4 is 10.6 Å². The van der Waals surface area contributed by atoms with Crippen LogP contribution in [0.3, 0.4) is 0 Å². The van der Waals surface area contributed by atoms with Gasteiger partial charge in [0.15, 0.2) is 0 Å². The van der Waals surface area contributed by atoms with Gasteiger partial charge in [-0.2, -0.15) is 0 Å². The number of fused-ring (bicyclic) bond motifs is 1. The molecule has 2 aliphatic heterocycles. The van der Waals surface area contributed by atoms with E-state index in [9.17, 15) is 0 Å². The van der Waals surface area contributed by atoms with Crippen LogP contribution in [0.1, 0.15) is 17.7 Å². The number of hydrogen-bond acceptors (Lipinski definition) is 5. The second-order valence-electron chi connectivity index (χ2n) is 4.28. The highest BCUT2D eigenvalue weighted by atomic mass is 35.5. The molecule has 6 heteroatoms. The molecule has 3 heterocycles. The first kappa shape index (κ1) is 12.5. The average molecular weight is 257 g/mol. The maximum Gasteiger partial charge on any atom is 0.134 e. The van der Waals surface area contributed by atoms with Gasteiger partial charge < -0.3 is 15.4 Å². The Morgan fingerprint density at radius 2 is 2.35 bits per heavy atom.